The van der Waals surface area contributed by atoms with Crippen LogP contribution < -0.4 is 9.47 Å². The molecule has 1 saturated carbocycles. The highest BCUT2D eigenvalue weighted by Crippen LogP contribution is 2.37. The Labute approximate surface area is 94.4 Å². The van der Waals surface area contributed by atoms with Crippen LogP contribution in [0.4, 0.5) is 0 Å². The van der Waals surface area contributed by atoms with Crippen LogP contribution in [0.1, 0.15) is 26.7 Å². The topological polar surface area (TPSA) is 31.4 Å². The van der Waals surface area contributed by atoms with Crippen LogP contribution in [0, 0.1) is 0 Å². The highest BCUT2D eigenvalue weighted by Gasteiger charge is 2.26. The monoisotopic (exact) mass is 227 g/mol. The van der Waals surface area contributed by atoms with Gasteiger partial charge in [-0.15, -0.1) is 0 Å². The first-order chi connectivity index (χ1) is 7.16. The molecule has 1 aliphatic rings. The molecule has 0 aromatic carbocycles. The second-order valence-corrected chi connectivity index (χ2v) is 4.27. The molecule has 3 nitrogen and oxygen atoms in total. The first kappa shape index (κ1) is 10.6. The average molecular weight is 228 g/mol. The van der Waals surface area contributed by atoms with E-state index in [1.54, 1.807) is 12.3 Å². The Hall–Kier alpha value is -0.960. The van der Waals surface area contributed by atoms with Gasteiger partial charge in [-0.2, -0.15) is 0 Å². The molecular formula is C11H14ClNO2. The highest BCUT2D eigenvalue weighted by atomic mass is 35.5. The summed E-state index contributed by atoms with van der Waals surface area (Å²) in [4.78, 5) is 3.98. The zero-order valence-corrected chi connectivity index (χ0v) is 9.62. The van der Waals surface area contributed by atoms with Crippen molar-refractivity contribution in [1.82, 2.24) is 4.98 Å². The van der Waals surface area contributed by atoms with Crippen LogP contribution in [-0.4, -0.2) is 17.2 Å². The van der Waals surface area contributed by atoms with Crippen LogP contribution in [0.5, 0.6) is 11.5 Å². The second-order valence-electron chi connectivity index (χ2n) is 3.91. The average Bonchev–Trinajstić information content (AvgIpc) is 2.94. The highest BCUT2D eigenvalue weighted by molar-refractivity contribution is 6.31. The fourth-order valence-electron chi connectivity index (χ4n) is 1.21. The Morgan fingerprint density at radius 3 is 2.80 bits per heavy atom. The number of halogens is 1. The Kier molecular flexibility index (Phi) is 3.00. The Balaban J connectivity index is 2.21. The van der Waals surface area contributed by atoms with E-state index in [1.807, 2.05) is 13.8 Å². The molecule has 4 heteroatoms. The molecule has 0 amide bonds. The van der Waals surface area contributed by atoms with Crippen molar-refractivity contribution >= 4 is 11.6 Å². The molecular weight excluding hydrogens is 214 g/mol. The van der Waals surface area contributed by atoms with Crippen molar-refractivity contribution in [3.63, 3.8) is 0 Å². The van der Waals surface area contributed by atoms with Crippen molar-refractivity contribution < 1.29 is 9.47 Å². The van der Waals surface area contributed by atoms with Gasteiger partial charge in [0, 0.05) is 12.3 Å². The number of hydrogen-bond acceptors (Lipinski definition) is 3. The van der Waals surface area contributed by atoms with E-state index in [2.05, 4.69) is 4.98 Å². The van der Waals surface area contributed by atoms with Gasteiger partial charge in [0.1, 0.15) is 0 Å². The Morgan fingerprint density at radius 2 is 2.20 bits per heavy atom. The molecule has 0 atom stereocenters. The first-order valence-electron chi connectivity index (χ1n) is 5.14. The second kappa shape index (κ2) is 4.27. The molecule has 15 heavy (non-hydrogen) atoms. The van der Waals surface area contributed by atoms with Gasteiger partial charge in [-0.3, -0.25) is 0 Å². The van der Waals surface area contributed by atoms with Crippen molar-refractivity contribution in [2.45, 2.75) is 38.9 Å². The van der Waals surface area contributed by atoms with E-state index in [0.717, 1.165) is 12.8 Å². The lowest BCUT2D eigenvalue weighted by Gasteiger charge is -2.15. The van der Waals surface area contributed by atoms with Gasteiger partial charge in [-0.25, -0.2) is 4.98 Å². The Bertz CT molecular complexity index is 350. The van der Waals surface area contributed by atoms with Crippen LogP contribution in [-0.2, 0) is 0 Å². The van der Waals surface area contributed by atoms with Crippen molar-refractivity contribution in [1.29, 1.82) is 0 Å². The molecule has 2 rings (SSSR count). The van der Waals surface area contributed by atoms with Crippen LogP contribution >= 0.6 is 11.6 Å². The minimum absolute atomic E-state index is 0.0632. The quantitative estimate of drug-likeness (QED) is 0.741. The number of aromatic nitrogens is 1. The van der Waals surface area contributed by atoms with Crippen molar-refractivity contribution in [3.05, 3.63) is 17.4 Å². The fraction of sp³-hybridized carbons (Fsp3) is 0.545. The summed E-state index contributed by atoms with van der Waals surface area (Å²) in [5.41, 5.74) is 0. The maximum absolute atomic E-state index is 5.96. The fourth-order valence-corrected chi connectivity index (χ4v) is 1.40. The van der Waals surface area contributed by atoms with Crippen LogP contribution in [0.2, 0.25) is 5.15 Å². The van der Waals surface area contributed by atoms with E-state index in [4.69, 9.17) is 21.1 Å². The normalized spacial score (nSPS) is 15.5. The molecule has 0 unspecified atom stereocenters. The Morgan fingerprint density at radius 1 is 1.47 bits per heavy atom. The number of hydrogen-bond donors (Lipinski definition) is 0. The van der Waals surface area contributed by atoms with Crippen LogP contribution in [0.15, 0.2) is 12.3 Å². The maximum Gasteiger partial charge on any atom is 0.199 e. The largest absolute Gasteiger partial charge is 0.486 e. The smallest absolute Gasteiger partial charge is 0.199 e. The van der Waals surface area contributed by atoms with E-state index in [1.165, 1.54) is 0 Å². The molecule has 0 saturated heterocycles. The number of pyridine rings is 1. The summed E-state index contributed by atoms with van der Waals surface area (Å²) < 4.78 is 11.3. The minimum Gasteiger partial charge on any atom is -0.486 e. The summed E-state index contributed by atoms with van der Waals surface area (Å²) >= 11 is 5.96. The molecule has 82 valence electrons. The molecule has 0 N–H and O–H groups in total. The van der Waals surface area contributed by atoms with E-state index < -0.39 is 0 Å². The summed E-state index contributed by atoms with van der Waals surface area (Å²) in [6, 6.07) is 1.79. The van der Waals surface area contributed by atoms with Gasteiger partial charge in [0.2, 0.25) is 0 Å². The summed E-state index contributed by atoms with van der Waals surface area (Å²) in [6.45, 7) is 3.90. The van der Waals surface area contributed by atoms with Crippen LogP contribution in [0.25, 0.3) is 0 Å². The summed E-state index contributed by atoms with van der Waals surface area (Å²) in [5, 5.41) is 0.363. The van der Waals surface area contributed by atoms with E-state index >= 15 is 0 Å². The zero-order valence-electron chi connectivity index (χ0n) is 8.87. The third kappa shape index (κ3) is 2.75. The number of rotatable bonds is 4. The third-order valence-electron chi connectivity index (χ3n) is 2.00. The molecule has 1 aromatic heterocycles. The van der Waals surface area contributed by atoms with E-state index in [-0.39, 0.29) is 6.10 Å². The van der Waals surface area contributed by atoms with Crippen molar-refractivity contribution in [2.24, 2.45) is 0 Å². The van der Waals surface area contributed by atoms with Gasteiger partial charge in [0.05, 0.1) is 12.2 Å². The lowest BCUT2D eigenvalue weighted by Crippen LogP contribution is -2.08. The van der Waals surface area contributed by atoms with Crippen LogP contribution in [0.3, 0.4) is 0 Å². The first-order valence-corrected chi connectivity index (χ1v) is 5.52. The third-order valence-corrected chi connectivity index (χ3v) is 2.27. The molecule has 1 fully saturated rings. The molecule has 1 aliphatic carbocycles. The molecule has 0 aliphatic heterocycles. The van der Waals surface area contributed by atoms with E-state index in [9.17, 15) is 0 Å². The van der Waals surface area contributed by atoms with Gasteiger partial charge in [-0.05, 0) is 26.7 Å². The lowest BCUT2D eigenvalue weighted by molar-refractivity contribution is 0.217. The lowest BCUT2D eigenvalue weighted by atomic mass is 10.4. The predicted octanol–water partition coefficient (Wildman–Crippen LogP) is 3.06. The molecule has 1 aromatic rings. The SMILES string of the molecule is CC(C)Oc1c(OC2CC2)ccnc1Cl. The van der Waals surface area contributed by atoms with Gasteiger partial charge in [0.15, 0.2) is 16.7 Å². The number of ether oxygens (including phenoxy) is 2. The number of nitrogens with zero attached hydrogens (tertiary/aromatic N) is 1. The molecule has 0 spiro atoms. The molecule has 0 bridgehead atoms. The molecule has 1 heterocycles. The maximum atomic E-state index is 5.96. The molecule has 0 radical (unpaired) electrons. The summed E-state index contributed by atoms with van der Waals surface area (Å²) in [6.07, 6.45) is 4.25. The van der Waals surface area contributed by atoms with Crippen molar-refractivity contribution in [3.8, 4) is 11.5 Å². The predicted molar refractivity (Wildman–Crippen MR) is 58.7 cm³/mol. The standard InChI is InChI=1S/C11H14ClNO2/c1-7(2)14-10-9(15-8-3-4-8)5-6-13-11(10)12/h5-8H,3-4H2,1-2H3. The van der Waals surface area contributed by atoms with Gasteiger partial charge >= 0.3 is 0 Å². The zero-order chi connectivity index (χ0) is 10.8. The van der Waals surface area contributed by atoms with Gasteiger partial charge < -0.3 is 9.47 Å². The van der Waals surface area contributed by atoms with E-state index in [0.29, 0.717) is 22.8 Å². The minimum atomic E-state index is 0.0632. The summed E-state index contributed by atoms with van der Waals surface area (Å²) in [5.74, 6) is 1.26. The van der Waals surface area contributed by atoms with Gasteiger partial charge in [-0.1, -0.05) is 11.6 Å². The summed E-state index contributed by atoms with van der Waals surface area (Å²) in [7, 11) is 0. The van der Waals surface area contributed by atoms with Gasteiger partial charge in [0.25, 0.3) is 0 Å². The van der Waals surface area contributed by atoms with Crippen molar-refractivity contribution in [2.75, 3.05) is 0 Å².